The van der Waals surface area contributed by atoms with Gasteiger partial charge in [0.2, 0.25) is 5.88 Å². The van der Waals surface area contributed by atoms with Crippen molar-refractivity contribution >= 4 is 22.7 Å². The summed E-state index contributed by atoms with van der Waals surface area (Å²) in [6.07, 6.45) is 2.65. The van der Waals surface area contributed by atoms with Crippen LogP contribution in [0.4, 0.5) is 13.2 Å². The van der Waals surface area contributed by atoms with E-state index in [-0.39, 0.29) is 36.6 Å². The maximum Gasteiger partial charge on any atom is 0.388 e. The Kier molecular flexibility index (Phi) is 6.38. The first-order valence-electron chi connectivity index (χ1n) is 10.0. The predicted octanol–water partition coefficient (Wildman–Crippen LogP) is 3.32. The summed E-state index contributed by atoms with van der Waals surface area (Å²) < 4.78 is 49.6. The summed E-state index contributed by atoms with van der Waals surface area (Å²) in [7, 11) is 0. The Morgan fingerprint density at radius 1 is 1.38 bits per heavy atom. The third kappa shape index (κ3) is 4.31. The van der Waals surface area contributed by atoms with E-state index in [0.717, 1.165) is 18.8 Å². The second-order valence-electron chi connectivity index (χ2n) is 7.58. The number of carbonyl (C=O) groups excluding carboxylic acids is 1. The van der Waals surface area contributed by atoms with Gasteiger partial charge in [-0.3, -0.25) is 4.79 Å². The van der Waals surface area contributed by atoms with Crippen molar-refractivity contribution in [2.24, 2.45) is 16.6 Å². The zero-order valence-corrected chi connectivity index (χ0v) is 17.9. The largest absolute Gasteiger partial charge is 0.415 e. The molecule has 0 aliphatic carbocycles. The number of ether oxygens (including phenoxy) is 2. The van der Waals surface area contributed by atoms with Gasteiger partial charge in [0.25, 0.3) is 0 Å². The Morgan fingerprint density at radius 2 is 2.19 bits per heavy atom. The molecule has 170 valence electrons. The lowest BCUT2D eigenvalue weighted by Crippen LogP contribution is -2.42. The number of benzene rings is 1. The first-order valence-corrected chi connectivity index (χ1v) is 11.0. The highest BCUT2D eigenvalue weighted by atomic mass is 32.2. The number of nitrogens with zero attached hydrogens (tertiary/aromatic N) is 3. The summed E-state index contributed by atoms with van der Waals surface area (Å²) >= 11 is 1.43. The van der Waals surface area contributed by atoms with Crippen LogP contribution in [0.5, 0.6) is 5.88 Å². The summed E-state index contributed by atoms with van der Waals surface area (Å²) in [6, 6.07) is 4.44. The molecule has 2 aromatic rings. The number of thioether (sulfide) groups is 1. The number of fused-ring (bicyclic) bond motifs is 1. The van der Waals surface area contributed by atoms with Crippen molar-refractivity contribution in [3.8, 4) is 5.88 Å². The highest BCUT2D eigenvalue weighted by molar-refractivity contribution is 8.13. The highest BCUT2D eigenvalue weighted by Gasteiger charge is 2.53. The monoisotopic (exact) mass is 466 g/mol. The second-order valence-corrected chi connectivity index (χ2v) is 8.62. The van der Waals surface area contributed by atoms with Crippen LogP contribution in [0.1, 0.15) is 35.0 Å². The van der Waals surface area contributed by atoms with Crippen LogP contribution in [-0.4, -0.2) is 46.0 Å². The molecule has 0 spiro atoms. The topological polar surface area (TPSA) is 99.7 Å². The number of alkyl halides is 2. The number of hydrogen-bond acceptors (Lipinski definition) is 8. The molecule has 32 heavy (non-hydrogen) atoms. The number of rotatable bonds is 7. The zero-order chi connectivity index (χ0) is 22.9. The Bertz CT molecular complexity index is 1040. The Balaban J connectivity index is 1.60. The van der Waals surface area contributed by atoms with E-state index in [1.54, 1.807) is 6.07 Å². The van der Waals surface area contributed by atoms with Crippen LogP contribution >= 0.6 is 11.8 Å². The number of nitrogens with two attached hydrogens (primary N) is 1. The quantitative estimate of drug-likeness (QED) is 0.625. The van der Waals surface area contributed by atoms with Crippen molar-refractivity contribution < 1.29 is 27.4 Å². The lowest BCUT2D eigenvalue weighted by atomic mass is 9.77. The highest BCUT2D eigenvalue weighted by Crippen LogP contribution is 2.48. The lowest BCUT2D eigenvalue weighted by Gasteiger charge is -2.36. The summed E-state index contributed by atoms with van der Waals surface area (Å²) in [4.78, 5) is 24.8. The van der Waals surface area contributed by atoms with Crippen LogP contribution in [0.15, 0.2) is 35.6 Å². The van der Waals surface area contributed by atoms with Crippen molar-refractivity contribution in [3.63, 3.8) is 0 Å². The smallest absolute Gasteiger partial charge is 0.388 e. The number of Topliss-reactive ketones (excluding diaryl/α,β-unsaturated/α-hetero) is 1. The van der Waals surface area contributed by atoms with Gasteiger partial charge in [0.1, 0.15) is 17.1 Å². The minimum absolute atomic E-state index is 0.0138. The molecule has 11 heteroatoms. The molecule has 2 aliphatic heterocycles. The maximum atomic E-state index is 15.0. The van der Waals surface area contributed by atoms with E-state index in [9.17, 15) is 18.0 Å². The van der Waals surface area contributed by atoms with E-state index in [4.69, 9.17) is 10.5 Å². The van der Waals surface area contributed by atoms with Gasteiger partial charge >= 0.3 is 6.61 Å². The summed E-state index contributed by atoms with van der Waals surface area (Å²) in [5.41, 5.74) is 5.95. The van der Waals surface area contributed by atoms with Gasteiger partial charge < -0.3 is 15.2 Å². The van der Waals surface area contributed by atoms with E-state index in [2.05, 4.69) is 19.7 Å². The predicted molar refractivity (Wildman–Crippen MR) is 112 cm³/mol. The molecule has 1 aromatic heterocycles. The molecule has 0 saturated carbocycles. The zero-order valence-electron chi connectivity index (χ0n) is 17.1. The average Bonchev–Trinajstić information content (AvgIpc) is 3.13. The number of halogens is 3. The van der Waals surface area contributed by atoms with Crippen molar-refractivity contribution in [1.82, 2.24) is 9.97 Å². The fourth-order valence-corrected chi connectivity index (χ4v) is 5.24. The first kappa shape index (κ1) is 22.5. The Morgan fingerprint density at radius 3 is 2.88 bits per heavy atom. The lowest BCUT2D eigenvalue weighted by molar-refractivity contribution is -0.0531. The van der Waals surface area contributed by atoms with Crippen LogP contribution in [0.3, 0.4) is 0 Å². The molecule has 3 heterocycles. The molecule has 0 amide bonds. The van der Waals surface area contributed by atoms with E-state index in [1.807, 2.05) is 6.92 Å². The molecular weight excluding hydrogens is 445 g/mol. The molecule has 0 unspecified atom stereocenters. The average molecular weight is 466 g/mol. The van der Waals surface area contributed by atoms with Crippen molar-refractivity contribution in [3.05, 3.63) is 53.2 Å². The van der Waals surface area contributed by atoms with Crippen molar-refractivity contribution in [2.45, 2.75) is 38.0 Å². The van der Waals surface area contributed by atoms with Gasteiger partial charge in [-0.1, -0.05) is 24.8 Å². The molecule has 0 bridgehead atoms. The minimum Gasteiger partial charge on any atom is -0.415 e. The fourth-order valence-electron chi connectivity index (χ4n) is 4.17. The molecule has 1 fully saturated rings. The van der Waals surface area contributed by atoms with Crippen LogP contribution in [0, 0.1) is 11.7 Å². The van der Waals surface area contributed by atoms with E-state index in [1.165, 1.54) is 23.9 Å². The van der Waals surface area contributed by atoms with Crippen molar-refractivity contribution in [1.29, 1.82) is 0 Å². The van der Waals surface area contributed by atoms with Gasteiger partial charge in [0.05, 0.1) is 25.1 Å². The summed E-state index contributed by atoms with van der Waals surface area (Å²) in [5.74, 6) is -0.604. The fraction of sp³-hybridized carbons (Fsp3) is 0.429. The Labute approximate surface area is 186 Å². The molecule has 0 radical (unpaired) electrons. The second kappa shape index (κ2) is 9.07. The van der Waals surface area contributed by atoms with Gasteiger partial charge in [0.15, 0.2) is 11.0 Å². The van der Waals surface area contributed by atoms with Gasteiger partial charge in [0, 0.05) is 23.7 Å². The SMILES string of the molecule is CC[C@H]1OC[C@]2(c3cc(CC(=O)c4cnc(OC(F)F)cn4)ccc3F)N=C(N)SC[C@H]12. The molecular formula is C21H21F3N4O3S. The van der Waals surface area contributed by atoms with E-state index < -0.39 is 23.8 Å². The number of ketones is 1. The van der Waals surface area contributed by atoms with Crippen LogP contribution < -0.4 is 10.5 Å². The van der Waals surface area contributed by atoms with Gasteiger partial charge in [-0.05, 0) is 24.1 Å². The third-order valence-electron chi connectivity index (χ3n) is 5.69. The van der Waals surface area contributed by atoms with Crippen LogP contribution in [0.2, 0.25) is 0 Å². The molecule has 2 aliphatic rings. The van der Waals surface area contributed by atoms with Crippen LogP contribution in [0.25, 0.3) is 0 Å². The minimum atomic E-state index is -3.03. The number of hydrogen-bond donors (Lipinski definition) is 1. The number of carbonyl (C=O) groups is 1. The maximum absolute atomic E-state index is 15.0. The van der Waals surface area contributed by atoms with E-state index >= 15 is 0 Å². The standard InChI is InChI=1S/C21H21F3N4O3S/c1-2-17-13-9-32-20(25)28-21(13,10-30-17)12-5-11(3-4-14(12)22)6-16(29)15-7-27-18(8-26-15)31-19(23)24/h3-5,7-8,13,17,19H,2,6,9-10H2,1H3,(H2,25,28)/t13-,17-,21-/m1/s1. The number of amidine groups is 1. The normalized spacial score (nSPS) is 24.8. The van der Waals surface area contributed by atoms with Gasteiger partial charge in [-0.25, -0.2) is 19.4 Å². The van der Waals surface area contributed by atoms with Crippen LogP contribution in [-0.2, 0) is 16.7 Å². The Hall–Kier alpha value is -2.66. The van der Waals surface area contributed by atoms with Crippen molar-refractivity contribution in [2.75, 3.05) is 12.4 Å². The summed E-state index contributed by atoms with van der Waals surface area (Å²) in [6.45, 7) is -0.812. The molecule has 3 atom stereocenters. The summed E-state index contributed by atoms with van der Waals surface area (Å²) in [5, 5.41) is 0.379. The number of aromatic nitrogens is 2. The molecule has 2 N–H and O–H groups in total. The van der Waals surface area contributed by atoms with Gasteiger partial charge in [-0.2, -0.15) is 8.78 Å². The molecule has 1 saturated heterocycles. The third-order valence-corrected chi connectivity index (χ3v) is 6.60. The molecule has 4 rings (SSSR count). The number of aliphatic imine (C=N–C) groups is 1. The van der Waals surface area contributed by atoms with E-state index in [0.29, 0.717) is 22.0 Å². The first-order chi connectivity index (χ1) is 15.3. The molecule has 7 nitrogen and oxygen atoms in total. The molecule has 1 aromatic carbocycles. The van der Waals surface area contributed by atoms with Gasteiger partial charge in [-0.15, -0.1) is 0 Å².